The van der Waals surface area contributed by atoms with Crippen LogP contribution in [0.1, 0.15) is 55.8 Å². The van der Waals surface area contributed by atoms with Gasteiger partial charge in [-0.05, 0) is 67.0 Å². The largest absolute Gasteiger partial charge is 0.495 e. The maximum absolute atomic E-state index is 13.0. The zero-order chi connectivity index (χ0) is 21.0. The zero-order valence-electron chi connectivity index (χ0n) is 17.1. The summed E-state index contributed by atoms with van der Waals surface area (Å²) in [6, 6.07) is 10.4. The molecule has 0 saturated heterocycles. The summed E-state index contributed by atoms with van der Waals surface area (Å²) in [4.78, 5) is 11.5. The van der Waals surface area contributed by atoms with E-state index in [9.17, 15) is 13.2 Å². The fraction of sp³-hybridized carbons (Fsp3) is 0.409. The highest BCUT2D eigenvalue weighted by atomic mass is 32.2. The van der Waals surface area contributed by atoms with Gasteiger partial charge < -0.3 is 10.1 Å². The first kappa shape index (κ1) is 21.3. The maximum atomic E-state index is 13.0. The Morgan fingerprint density at radius 2 is 1.83 bits per heavy atom. The number of ether oxygens (including phenoxy) is 1. The van der Waals surface area contributed by atoms with Crippen LogP contribution in [-0.4, -0.2) is 21.4 Å². The van der Waals surface area contributed by atoms with Crippen molar-refractivity contribution in [2.45, 2.75) is 56.9 Å². The van der Waals surface area contributed by atoms with Crippen LogP contribution in [0, 0.1) is 0 Å². The average molecular weight is 417 g/mol. The third-order valence-corrected chi connectivity index (χ3v) is 6.74. The van der Waals surface area contributed by atoms with Crippen LogP contribution < -0.4 is 14.8 Å². The van der Waals surface area contributed by atoms with Crippen LogP contribution in [0.5, 0.6) is 5.75 Å². The highest BCUT2D eigenvalue weighted by Gasteiger charge is 2.23. The third-order valence-electron chi connectivity index (χ3n) is 5.27. The summed E-state index contributed by atoms with van der Waals surface area (Å²) in [6.07, 6.45) is 5.16. The Morgan fingerprint density at radius 1 is 1.10 bits per heavy atom. The lowest BCUT2D eigenvalue weighted by Crippen LogP contribution is -2.28. The molecule has 2 N–H and O–H groups in total. The Hall–Kier alpha value is -2.38. The second-order valence-corrected chi connectivity index (χ2v) is 9.07. The summed E-state index contributed by atoms with van der Waals surface area (Å²) in [7, 11) is -2.31. The molecule has 0 aliphatic heterocycles. The van der Waals surface area contributed by atoms with E-state index in [1.54, 1.807) is 6.07 Å². The molecule has 2 aromatic carbocycles. The van der Waals surface area contributed by atoms with Crippen molar-refractivity contribution in [1.29, 1.82) is 0 Å². The van der Waals surface area contributed by atoms with E-state index in [1.165, 1.54) is 50.1 Å². The van der Waals surface area contributed by atoms with E-state index in [0.717, 1.165) is 18.4 Å². The Morgan fingerprint density at radius 3 is 2.48 bits per heavy atom. The van der Waals surface area contributed by atoms with E-state index in [-0.39, 0.29) is 16.8 Å². The molecule has 0 aromatic heterocycles. The Balaban J connectivity index is 1.88. The number of hydrogen-bond acceptors (Lipinski definition) is 4. The van der Waals surface area contributed by atoms with Crippen molar-refractivity contribution in [2.75, 3.05) is 12.4 Å². The summed E-state index contributed by atoms with van der Waals surface area (Å²) in [5.41, 5.74) is 3.99. The van der Waals surface area contributed by atoms with Crippen molar-refractivity contribution in [3.8, 4) is 5.75 Å². The second kappa shape index (κ2) is 8.97. The number of carbonyl (C=O) groups excluding carboxylic acids is 1. The monoisotopic (exact) mass is 416 g/mol. The van der Waals surface area contributed by atoms with Gasteiger partial charge in [0.15, 0.2) is 0 Å². The van der Waals surface area contributed by atoms with Gasteiger partial charge in [-0.15, -0.1) is 0 Å². The summed E-state index contributed by atoms with van der Waals surface area (Å²) >= 11 is 0. The molecule has 1 aliphatic carbocycles. The number of nitrogens with one attached hydrogen (secondary N) is 2. The molecule has 1 aliphatic rings. The predicted molar refractivity (Wildman–Crippen MR) is 114 cm³/mol. The van der Waals surface area contributed by atoms with Gasteiger partial charge in [-0.2, -0.15) is 0 Å². The van der Waals surface area contributed by atoms with Gasteiger partial charge >= 0.3 is 0 Å². The summed E-state index contributed by atoms with van der Waals surface area (Å²) in [5, 5.41) is 2.61. The lowest BCUT2D eigenvalue weighted by atomic mass is 9.89. The molecular weight excluding hydrogens is 388 g/mol. The standard InChI is InChI=1S/C22H28N2O4S/c1-4-20(18-10-9-16-7-5-6-8-17(16)13-18)24-29(26,27)19-11-12-22(28-3)21(14-19)23-15(2)25/h9-14,20,24H,4-8H2,1-3H3,(H,23,25). The molecule has 156 valence electrons. The minimum atomic E-state index is -3.78. The van der Waals surface area contributed by atoms with E-state index in [4.69, 9.17) is 4.74 Å². The molecule has 7 heteroatoms. The molecule has 0 spiro atoms. The number of sulfonamides is 1. The van der Waals surface area contributed by atoms with Gasteiger partial charge in [0.1, 0.15) is 5.75 Å². The number of benzene rings is 2. The molecule has 29 heavy (non-hydrogen) atoms. The molecule has 0 bridgehead atoms. The van der Waals surface area contributed by atoms with Crippen molar-refractivity contribution in [3.63, 3.8) is 0 Å². The van der Waals surface area contributed by atoms with E-state index in [0.29, 0.717) is 17.9 Å². The molecule has 2 aromatic rings. The number of aryl methyl sites for hydroxylation is 2. The highest BCUT2D eigenvalue weighted by Crippen LogP contribution is 2.30. The maximum Gasteiger partial charge on any atom is 0.241 e. The summed E-state index contributed by atoms with van der Waals surface area (Å²) in [5.74, 6) is 0.104. The third kappa shape index (κ3) is 4.97. The number of fused-ring (bicyclic) bond motifs is 1. The van der Waals surface area contributed by atoms with Crippen molar-refractivity contribution in [3.05, 3.63) is 53.1 Å². The number of carbonyl (C=O) groups is 1. The van der Waals surface area contributed by atoms with Crippen LogP contribution in [0.4, 0.5) is 5.69 Å². The van der Waals surface area contributed by atoms with Crippen molar-refractivity contribution in [1.82, 2.24) is 4.72 Å². The number of rotatable bonds is 7. The van der Waals surface area contributed by atoms with Crippen LogP contribution >= 0.6 is 0 Å². The van der Waals surface area contributed by atoms with Crippen molar-refractivity contribution in [2.24, 2.45) is 0 Å². The minimum absolute atomic E-state index is 0.0819. The summed E-state index contributed by atoms with van der Waals surface area (Å²) in [6.45, 7) is 3.32. The molecule has 0 fully saturated rings. The Kier molecular flexibility index (Phi) is 6.59. The average Bonchev–Trinajstić information content (AvgIpc) is 2.71. The molecule has 6 nitrogen and oxygen atoms in total. The number of anilines is 1. The smallest absolute Gasteiger partial charge is 0.241 e. The fourth-order valence-electron chi connectivity index (χ4n) is 3.75. The molecule has 1 atom stereocenters. The van der Waals surface area contributed by atoms with Gasteiger partial charge in [-0.25, -0.2) is 13.1 Å². The second-order valence-electron chi connectivity index (χ2n) is 7.36. The molecule has 0 radical (unpaired) electrons. The predicted octanol–water partition coefficient (Wildman–Crippen LogP) is 3.96. The lowest BCUT2D eigenvalue weighted by molar-refractivity contribution is -0.114. The van der Waals surface area contributed by atoms with Crippen LogP contribution in [-0.2, 0) is 27.7 Å². The topological polar surface area (TPSA) is 84.5 Å². The van der Waals surface area contributed by atoms with Crippen molar-refractivity contribution < 1.29 is 17.9 Å². The van der Waals surface area contributed by atoms with Crippen LogP contribution in [0.3, 0.4) is 0 Å². The first-order valence-corrected chi connectivity index (χ1v) is 11.4. The summed E-state index contributed by atoms with van der Waals surface area (Å²) < 4.78 is 34.1. The lowest BCUT2D eigenvalue weighted by Gasteiger charge is -2.22. The Bertz CT molecular complexity index is 1000. The molecule has 1 unspecified atom stereocenters. The van der Waals surface area contributed by atoms with E-state index in [1.807, 2.05) is 13.0 Å². The van der Waals surface area contributed by atoms with Crippen LogP contribution in [0.15, 0.2) is 41.3 Å². The SMILES string of the molecule is CCC(NS(=O)(=O)c1ccc(OC)c(NC(C)=O)c1)c1ccc2c(c1)CCCC2. The van der Waals surface area contributed by atoms with Gasteiger partial charge in [-0.3, -0.25) is 4.79 Å². The Labute approximate surface area is 172 Å². The molecule has 3 rings (SSSR count). The molecule has 0 saturated carbocycles. The fourth-order valence-corrected chi connectivity index (χ4v) is 5.09. The van der Waals surface area contributed by atoms with E-state index in [2.05, 4.69) is 22.2 Å². The number of methoxy groups -OCH3 is 1. The van der Waals surface area contributed by atoms with Crippen LogP contribution in [0.2, 0.25) is 0 Å². The van der Waals surface area contributed by atoms with Crippen LogP contribution in [0.25, 0.3) is 0 Å². The van der Waals surface area contributed by atoms with Crippen molar-refractivity contribution >= 4 is 21.6 Å². The molecular formula is C22H28N2O4S. The minimum Gasteiger partial charge on any atom is -0.495 e. The van der Waals surface area contributed by atoms with Gasteiger partial charge in [0.05, 0.1) is 17.7 Å². The number of amides is 1. The normalized spacial score (nSPS) is 14.7. The highest BCUT2D eigenvalue weighted by molar-refractivity contribution is 7.89. The van der Waals surface area contributed by atoms with Gasteiger partial charge in [0, 0.05) is 13.0 Å². The van der Waals surface area contributed by atoms with E-state index >= 15 is 0 Å². The zero-order valence-corrected chi connectivity index (χ0v) is 17.9. The van der Waals surface area contributed by atoms with Gasteiger partial charge in [0.2, 0.25) is 15.9 Å². The van der Waals surface area contributed by atoms with Gasteiger partial charge in [0.25, 0.3) is 0 Å². The van der Waals surface area contributed by atoms with Gasteiger partial charge in [-0.1, -0.05) is 25.1 Å². The quantitative estimate of drug-likeness (QED) is 0.715. The first-order chi connectivity index (χ1) is 13.8. The van der Waals surface area contributed by atoms with E-state index < -0.39 is 10.0 Å². The molecule has 0 heterocycles. The first-order valence-electron chi connectivity index (χ1n) is 9.93. The number of hydrogen-bond donors (Lipinski definition) is 2. The molecule has 1 amide bonds.